The van der Waals surface area contributed by atoms with Gasteiger partial charge in [0.05, 0.1) is 6.10 Å². The topological polar surface area (TPSA) is 61.8 Å². The van der Waals surface area contributed by atoms with Gasteiger partial charge in [-0.3, -0.25) is 5.10 Å². The van der Waals surface area contributed by atoms with Crippen LogP contribution in [0.5, 0.6) is 0 Å². The van der Waals surface area contributed by atoms with Crippen LogP contribution < -0.4 is 0 Å². The number of aliphatic hydroxyl groups excluding tert-OH is 1. The fraction of sp³-hybridized carbons (Fsp3) is 0.385. The SMILES string of the molecule is O[C@@H](CSc1n[nH]c(C2CC2)n1)c1ccccc1. The van der Waals surface area contributed by atoms with Crippen molar-refractivity contribution in [3.05, 3.63) is 41.7 Å². The minimum atomic E-state index is -0.473. The van der Waals surface area contributed by atoms with Crippen LogP contribution in [0, 0.1) is 0 Å². The van der Waals surface area contributed by atoms with E-state index in [2.05, 4.69) is 15.2 Å². The summed E-state index contributed by atoms with van der Waals surface area (Å²) in [6.45, 7) is 0. The first-order valence-electron chi connectivity index (χ1n) is 6.11. The van der Waals surface area contributed by atoms with Gasteiger partial charge in [-0.15, -0.1) is 5.10 Å². The number of hydrogen-bond acceptors (Lipinski definition) is 4. The van der Waals surface area contributed by atoms with Crippen LogP contribution in [0.25, 0.3) is 0 Å². The summed E-state index contributed by atoms with van der Waals surface area (Å²) in [6.07, 6.45) is 1.96. The second-order valence-corrected chi connectivity index (χ2v) is 5.50. The summed E-state index contributed by atoms with van der Waals surface area (Å²) in [5.74, 6) is 2.16. The average Bonchev–Trinajstić information content (AvgIpc) is 3.16. The Hall–Kier alpha value is -1.33. The maximum Gasteiger partial charge on any atom is 0.208 e. The Morgan fingerprint density at radius 1 is 1.33 bits per heavy atom. The number of H-pyrrole nitrogens is 1. The third kappa shape index (κ3) is 2.73. The van der Waals surface area contributed by atoms with Crippen molar-refractivity contribution in [3.63, 3.8) is 0 Å². The molecule has 0 amide bonds. The number of aliphatic hydroxyl groups is 1. The highest BCUT2D eigenvalue weighted by atomic mass is 32.2. The van der Waals surface area contributed by atoms with Crippen LogP contribution >= 0.6 is 11.8 Å². The van der Waals surface area contributed by atoms with Crippen LogP contribution in [-0.2, 0) is 0 Å². The fourth-order valence-corrected chi connectivity index (χ4v) is 2.56. The van der Waals surface area contributed by atoms with Gasteiger partial charge in [0, 0.05) is 11.7 Å². The first-order valence-corrected chi connectivity index (χ1v) is 7.09. The molecular formula is C13H15N3OS. The molecule has 0 unspecified atom stereocenters. The van der Waals surface area contributed by atoms with E-state index in [4.69, 9.17) is 0 Å². The number of thioether (sulfide) groups is 1. The first-order chi connectivity index (χ1) is 8.83. The number of nitrogens with one attached hydrogen (secondary N) is 1. The maximum absolute atomic E-state index is 10.0. The van der Waals surface area contributed by atoms with E-state index >= 15 is 0 Å². The lowest BCUT2D eigenvalue weighted by molar-refractivity contribution is 0.204. The van der Waals surface area contributed by atoms with Crippen LogP contribution in [0.15, 0.2) is 35.5 Å². The van der Waals surface area contributed by atoms with E-state index in [9.17, 15) is 5.11 Å². The molecular weight excluding hydrogens is 246 g/mol. The number of nitrogens with zero attached hydrogens (tertiary/aromatic N) is 2. The van der Waals surface area contributed by atoms with Crippen LogP contribution in [0.1, 0.15) is 36.3 Å². The van der Waals surface area contributed by atoms with Crippen molar-refractivity contribution in [2.75, 3.05) is 5.75 Å². The summed E-state index contributed by atoms with van der Waals surface area (Å²) in [6, 6.07) is 9.67. The standard InChI is InChI=1S/C13H15N3OS/c17-11(9-4-2-1-3-5-9)8-18-13-14-12(15-16-13)10-6-7-10/h1-5,10-11,17H,6-8H2,(H,14,15,16)/t11-/m0/s1. The Labute approximate surface area is 110 Å². The van der Waals surface area contributed by atoms with Gasteiger partial charge in [-0.25, -0.2) is 4.98 Å². The normalized spacial score (nSPS) is 16.7. The first kappa shape index (κ1) is 11.7. The van der Waals surface area contributed by atoms with Gasteiger partial charge >= 0.3 is 0 Å². The van der Waals surface area contributed by atoms with Crippen molar-refractivity contribution in [3.8, 4) is 0 Å². The fourth-order valence-electron chi connectivity index (χ4n) is 1.79. The molecule has 0 aliphatic heterocycles. The molecule has 1 aromatic carbocycles. The van der Waals surface area contributed by atoms with Crippen LogP contribution in [0.2, 0.25) is 0 Å². The van der Waals surface area contributed by atoms with E-state index in [0.717, 1.165) is 16.5 Å². The second kappa shape index (κ2) is 5.12. The van der Waals surface area contributed by atoms with Gasteiger partial charge in [0.25, 0.3) is 0 Å². The van der Waals surface area contributed by atoms with Crippen LogP contribution in [0.4, 0.5) is 0 Å². The van der Waals surface area contributed by atoms with Crippen molar-refractivity contribution in [1.82, 2.24) is 15.2 Å². The molecule has 1 aliphatic carbocycles. The van der Waals surface area contributed by atoms with E-state index in [1.165, 1.54) is 24.6 Å². The van der Waals surface area contributed by atoms with E-state index in [-0.39, 0.29) is 0 Å². The van der Waals surface area contributed by atoms with Gasteiger partial charge in [-0.2, -0.15) is 0 Å². The number of benzene rings is 1. The lowest BCUT2D eigenvalue weighted by Crippen LogP contribution is -2.00. The zero-order chi connectivity index (χ0) is 12.4. The molecule has 1 aromatic heterocycles. The van der Waals surface area contributed by atoms with Crippen molar-refractivity contribution >= 4 is 11.8 Å². The molecule has 94 valence electrons. The highest BCUT2D eigenvalue weighted by molar-refractivity contribution is 7.99. The molecule has 0 bridgehead atoms. The van der Waals surface area contributed by atoms with Gasteiger partial charge in [0.1, 0.15) is 5.82 Å². The quantitative estimate of drug-likeness (QED) is 0.812. The summed E-state index contributed by atoms with van der Waals surface area (Å²) in [4.78, 5) is 4.42. The number of aromatic nitrogens is 3. The van der Waals surface area contributed by atoms with Crippen LogP contribution in [-0.4, -0.2) is 26.0 Å². The molecule has 1 aliphatic rings. The molecule has 3 rings (SSSR count). The lowest BCUT2D eigenvalue weighted by Gasteiger charge is -2.08. The summed E-state index contributed by atoms with van der Waals surface area (Å²) < 4.78 is 0. The highest BCUT2D eigenvalue weighted by Crippen LogP contribution is 2.38. The van der Waals surface area contributed by atoms with Crippen molar-refractivity contribution in [1.29, 1.82) is 0 Å². The largest absolute Gasteiger partial charge is 0.388 e. The van der Waals surface area contributed by atoms with Gasteiger partial charge in [-0.05, 0) is 18.4 Å². The third-order valence-corrected chi connectivity index (χ3v) is 3.92. The number of aromatic amines is 1. The smallest absolute Gasteiger partial charge is 0.208 e. The monoisotopic (exact) mass is 261 g/mol. The molecule has 2 N–H and O–H groups in total. The molecule has 5 heteroatoms. The predicted octanol–water partition coefficient (Wildman–Crippen LogP) is 2.51. The summed E-state index contributed by atoms with van der Waals surface area (Å²) in [7, 11) is 0. The van der Waals surface area contributed by atoms with E-state index < -0.39 is 6.10 Å². The third-order valence-electron chi connectivity index (χ3n) is 3.00. The van der Waals surface area contributed by atoms with Gasteiger partial charge < -0.3 is 5.11 Å². The summed E-state index contributed by atoms with van der Waals surface area (Å²) in [5.41, 5.74) is 0.933. The van der Waals surface area contributed by atoms with Crippen molar-refractivity contribution < 1.29 is 5.11 Å². The highest BCUT2D eigenvalue weighted by Gasteiger charge is 2.27. The molecule has 1 fully saturated rings. The summed E-state index contributed by atoms with van der Waals surface area (Å²) in [5, 5.41) is 17.9. The number of hydrogen-bond donors (Lipinski definition) is 2. The zero-order valence-corrected chi connectivity index (χ0v) is 10.7. The minimum absolute atomic E-state index is 0.473. The van der Waals surface area contributed by atoms with E-state index in [1.807, 2.05) is 30.3 Å². The molecule has 4 nitrogen and oxygen atoms in total. The number of rotatable bonds is 5. The Morgan fingerprint density at radius 2 is 2.11 bits per heavy atom. The van der Waals surface area contributed by atoms with E-state index in [0.29, 0.717) is 11.7 Å². The van der Waals surface area contributed by atoms with Crippen molar-refractivity contribution in [2.24, 2.45) is 0 Å². The molecule has 18 heavy (non-hydrogen) atoms. The Kier molecular flexibility index (Phi) is 3.34. The van der Waals surface area contributed by atoms with Crippen molar-refractivity contribution in [2.45, 2.75) is 30.0 Å². The molecule has 2 aromatic rings. The van der Waals surface area contributed by atoms with Gasteiger partial charge in [-0.1, -0.05) is 42.1 Å². The molecule has 0 radical (unpaired) electrons. The minimum Gasteiger partial charge on any atom is -0.388 e. The Morgan fingerprint density at radius 3 is 2.83 bits per heavy atom. The molecule has 1 saturated carbocycles. The predicted molar refractivity (Wildman–Crippen MR) is 70.5 cm³/mol. The zero-order valence-electron chi connectivity index (χ0n) is 9.91. The van der Waals surface area contributed by atoms with Crippen LogP contribution in [0.3, 0.4) is 0 Å². The van der Waals surface area contributed by atoms with Gasteiger partial charge in [0.15, 0.2) is 0 Å². The summed E-state index contributed by atoms with van der Waals surface area (Å²) >= 11 is 1.49. The molecule has 1 atom stereocenters. The maximum atomic E-state index is 10.0. The second-order valence-electron chi connectivity index (χ2n) is 4.51. The Bertz CT molecular complexity index is 510. The molecule has 0 spiro atoms. The Balaban J connectivity index is 1.56. The molecule has 1 heterocycles. The van der Waals surface area contributed by atoms with Gasteiger partial charge in [0.2, 0.25) is 5.16 Å². The average molecular weight is 261 g/mol. The molecule has 0 saturated heterocycles. The lowest BCUT2D eigenvalue weighted by atomic mass is 10.1. The van der Waals surface area contributed by atoms with E-state index in [1.54, 1.807) is 0 Å².